The van der Waals surface area contributed by atoms with E-state index >= 15 is 0 Å². The van der Waals surface area contributed by atoms with E-state index in [4.69, 9.17) is 9.47 Å². The van der Waals surface area contributed by atoms with E-state index in [1.807, 2.05) is 0 Å². The molecule has 4 heteroatoms. The Bertz CT molecular complexity index is 251. The lowest BCUT2D eigenvalue weighted by molar-refractivity contribution is -0.152. The van der Waals surface area contributed by atoms with Gasteiger partial charge in [-0.15, -0.1) is 0 Å². The zero-order valence-corrected chi connectivity index (χ0v) is 13.1. The Labute approximate surface area is 123 Å². The van der Waals surface area contributed by atoms with Crippen LogP contribution in [0, 0.1) is 0 Å². The summed E-state index contributed by atoms with van der Waals surface area (Å²) >= 11 is 0. The molecule has 0 unspecified atom stereocenters. The second-order valence-corrected chi connectivity index (χ2v) is 5.02. The minimum absolute atomic E-state index is 0.163. The molecular formula is C16H30O4. The smallest absolute Gasteiger partial charge is 0.305 e. The van der Waals surface area contributed by atoms with Gasteiger partial charge in [-0.1, -0.05) is 58.8 Å². The summed E-state index contributed by atoms with van der Waals surface area (Å²) in [5, 5.41) is 0. The van der Waals surface area contributed by atoms with Gasteiger partial charge in [-0.25, -0.2) is 0 Å². The van der Waals surface area contributed by atoms with Crippen molar-refractivity contribution in [1.82, 2.24) is 0 Å². The van der Waals surface area contributed by atoms with Crippen molar-refractivity contribution in [3.63, 3.8) is 0 Å². The average Bonchev–Trinajstić information content (AvgIpc) is 2.46. The fourth-order valence-corrected chi connectivity index (χ4v) is 1.89. The van der Waals surface area contributed by atoms with Gasteiger partial charge in [0.1, 0.15) is 13.2 Å². The van der Waals surface area contributed by atoms with Crippen LogP contribution < -0.4 is 0 Å². The normalized spacial score (nSPS) is 10.3. The molecule has 0 amide bonds. The van der Waals surface area contributed by atoms with Crippen LogP contribution in [0.15, 0.2) is 0 Å². The molecule has 0 fully saturated rings. The van der Waals surface area contributed by atoms with Crippen LogP contribution in [-0.2, 0) is 19.1 Å². The average molecular weight is 286 g/mol. The molecule has 0 atom stereocenters. The molecule has 0 N–H and O–H groups in total. The summed E-state index contributed by atoms with van der Waals surface area (Å²) in [4.78, 5) is 22.2. The quantitative estimate of drug-likeness (QED) is 0.379. The van der Waals surface area contributed by atoms with Gasteiger partial charge in [0.25, 0.3) is 0 Å². The maximum atomic E-state index is 11.4. The van der Waals surface area contributed by atoms with Gasteiger partial charge < -0.3 is 9.47 Å². The van der Waals surface area contributed by atoms with Crippen molar-refractivity contribution in [2.45, 2.75) is 78.1 Å². The third-order valence-electron chi connectivity index (χ3n) is 3.13. The SMILES string of the molecule is CCCCCCCCCCC(=O)OCCOC(=O)CC. The predicted octanol–water partition coefficient (Wildman–Crippen LogP) is 4.01. The van der Waals surface area contributed by atoms with Gasteiger partial charge in [0.15, 0.2) is 0 Å². The molecule has 0 radical (unpaired) electrons. The van der Waals surface area contributed by atoms with Crippen molar-refractivity contribution >= 4 is 11.9 Å². The van der Waals surface area contributed by atoms with Crippen molar-refractivity contribution in [3.05, 3.63) is 0 Å². The van der Waals surface area contributed by atoms with Gasteiger partial charge in [0, 0.05) is 12.8 Å². The van der Waals surface area contributed by atoms with Crippen LogP contribution in [-0.4, -0.2) is 25.2 Å². The maximum Gasteiger partial charge on any atom is 0.305 e. The van der Waals surface area contributed by atoms with Crippen molar-refractivity contribution in [2.75, 3.05) is 13.2 Å². The van der Waals surface area contributed by atoms with Gasteiger partial charge in [-0.05, 0) is 6.42 Å². The Morgan fingerprint density at radius 2 is 1.20 bits per heavy atom. The van der Waals surface area contributed by atoms with E-state index in [1.165, 1.54) is 38.5 Å². The number of hydrogen-bond acceptors (Lipinski definition) is 4. The highest BCUT2D eigenvalue weighted by Crippen LogP contribution is 2.09. The summed E-state index contributed by atoms with van der Waals surface area (Å²) in [6.07, 6.45) is 10.5. The lowest BCUT2D eigenvalue weighted by Gasteiger charge is -2.05. The highest BCUT2D eigenvalue weighted by Gasteiger charge is 2.03. The van der Waals surface area contributed by atoms with E-state index in [1.54, 1.807) is 6.92 Å². The number of rotatable bonds is 13. The molecule has 0 aliphatic rings. The molecule has 0 saturated heterocycles. The standard InChI is InChI=1S/C16H30O4/c1-3-5-6-7-8-9-10-11-12-16(18)20-14-13-19-15(17)4-2/h3-14H2,1-2H3. The molecule has 4 nitrogen and oxygen atoms in total. The van der Waals surface area contributed by atoms with E-state index in [-0.39, 0.29) is 25.2 Å². The van der Waals surface area contributed by atoms with Gasteiger partial charge >= 0.3 is 11.9 Å². The van der Waals surface area contributed by atoms with E-state index in [0.717, 1.165) is 12.8 Å². The molecule has 0 aromatic heterocycles. The molecular weight excluding hydrogens is 256 g/mol. The fraction of sp³-hybridized carbons (Fsp3) is 0.875. The lowest BCUT2D eigenvalue weighted by atomic mass is 10.1. The van der Waals surface area contributed by atoms with Gasteiger partial charge in [0.05, 0.1) is 0 Å². The Hall–Kier alpha value is -1.06. The van der Waals surface area contributed by atoms with E-state index < -0.39 is 0 Å². The van der Waals surface area contributed by atoms with Crippen LogP contribution in [0.4, 0.5) is 0 Å². The van der Waals surface area contributed by atoms with Gasteiger partial charge in [0.2, 0.25) is 0 Å². The summed E-state index contributed by atoms with van der Waals surface area (Å²) in [6, 6.07) is 0. The first-order valence-corrected chi connectivity index (χ1v) is 8.02. The Morgan fingerprint density at radius 3 is 1.75 bits per heavy atom. The minimum atomic E-state index is -0.260. The molecule has 0 aromatic rings. The van der Waals surface area contributed by atoms with Gasteiger partial charge in [-0.3, -0.25) is 9.59 Å². The molecule has 0 aliphatic carbocycles. The summed E-state index contributed by atoms with van der Waals surface area (Å²) in [6.45, 7) is 4.28. The Balaban J connectivity index is 3.22. The highest BCUT2D eigenvalue weighted by atomic mass is 16.6. The van der Waals surface area contributed by atoms with E-state index in [9.17, 15) is 9.59 Å². The van der Waals surface area contributed by atoms with Crippen LogP contribution in [0.3, 0.4) is 0 Å². The first kappa shape index (κ1) is 18.9. The van der Waals surface area contributed by atoms with Crippen molar-refractivity contribution in [2.24, 2.45) is 0 Å². The summed E-state index contributed by atoms with van der Waals surface area (Å²) in [7, 11) is 0. The van der Waals surface area contributed by atoms with Crippen LogP contribution >= 0.6 is 0 Å². The maximum absolute atomic E-state index is 11.4. The lowest BCUT2D eigenvalue weighted by Crippen LogP contribution is -2.13. The number of hydrogen-bond donors (Lipinski definition) is 0. The highest BCUT2D eigenvalue weighted by molar-refractivity contribution is 5.69. The predicted molar refractivity (Wildman–Crippen MR) is 79.4 cm³/mol. The fourth-order valence-electron chi connectivity index (χ4n) is 1.89. The van der Waals surface area contributed by atoms with Crippen LogP contribution in [0.1, 0.15) is 78.1 Å². The van der Waals surface area contributed by atoms with Crippen LogP contribution in [0.2, 0.25) is 0 Å². The van der Waals surface area contributed by atoms with Crippen molar-refractivity contribution in [3.8, 4) is 0 Å². The number of ether oxygens (including phenoxy) is 2. The number of unbranched alkanes of at least 4 members (excludes halogenated alkanes) is 7. The Morgan fingerprint density at radius 1 is 0.700 bits per heavy atom. The molecule has 0 spiro atoms. The first-order valence-electron chi connectivity index (χ1n) is 8.02. The number of carbonyl (C=O) groups is 2. The summed E-state index contributed by atoms with van der Waals surface area (Å²) in [5.41, 5.74) is 0. The minimum Gasteiger partial charge on any atom is -0.462 e. The van der Waals surface area contributed by atoms with Crippen molar-refractivity contribution < 1.29 is 19.1 Å². The third kappa shape index (κ3) is 13.4. The second kappa shape index (κ2) is 14.4. The van der Waals surface area contributed by atoms with Crippen molar-refractivity contribution in [1.29, 1.82) is 0 Å². The summed E-state index contributed by atoms with van der Waals surface area (Å²) in [5.74, 6) is -0.451. The molecule has 0 bridgehead atoms. The van der Waals surface area contributed by atoms with E-state index in [2.05, 4.69) is 6.92 Å². The number of carbonyl (C=O) groups excluding carboxylic acids is 2. The molecule has 0 heterocycles. The second-order valence-electron chi connectivity index (χ2n) is 5.02. The van der Waals surface area contributed by atoms with E-state index in [0.29, 0.717) is 12.8 Å². The molecule has 0 aliphatic heterocycles. The zero-order valence-electron chi connectivity index (χ0n) is 13.1. The zero-order chi connectivity index (χ0) is 15.1. The molecule has 0 rings (SSSR count). The van der Waals surface area contributed by atoms with Crippen LogP contribution in [0.25, 0.3) is 0 Å². The van der Waals surface area contributed by atoms with Gasteiger partial charge in [-0.2, -0.15) is 0 Å². The molecule has 118 valence electrons. The molecule has 0 aromatic carbocycles. The third-order valence-corrected chi connectivity index (χ3v) is 3.13. The number of esters is 2. The van der Waals surface area contributed by atoms with Crippen LogP contribution in [0.5, 0.6) is 0 Å². The largest absolute Gasteiger partial charge is 0.462 e. The first-order chi connectivity index (χ1) is 9.70. The summed E-state index contributed by atoms with van der Waals surface area (Å²) < 4.78 is 9.80. The Kier molecular flexibility index (Phi) is 13.6. The monoisotopic (exact) mass is 286 g/mol. The molecule has 0 saturated carbocycles. The topological polar surface area (TPSA) is 52.6 Å². The molecule has 20 heavy (non-hydrogen) atoms.